The molecule has 0 aliphatic carbocycles. The van der Waals surface area contributed by atoms with E-state index in [1.807, 2.05) is 25.8 Å². The van der Waals surface area contributed by atoms with Crippen LogP contribution >= 0.6 is 0 Å². The first-order valence-corrected chi connectivity index (χ1v) is 13.1. The third kappa shape index (κ3) is 5.86. The Labute approximate surface area is 210 Å². The van der Waals surface area contributed by atoms with Gasteiger partial charge >= 0.3 is 5.69 Å². The number of nitrogen functional groups attached to an aromatic ring is 1. The van der Waals surface area contributed by atoms with Crippen LogP contribution in [0.15, 0.2) is 38.8 Å². The van der Waals surface area contributed by atoms with Crippen LogP contribution in [0, 0.1) is 5.92 Å². The van der Waals surface area contributed by atoms with E-state index in [9.17, 15) is 22.8 Å². The standard InChI is InChI=1S/C23H34N6O6S/c1-16(2)15-29-20(24)19(21(30)25-23(29)32)28(12-13-35-4)22(31)17-6-5-7-18(14-17)36(33,34)27-10-8-26(3)9-11-27/h5-7,14,16H,8-13,15,24H2,1-4H3,(H,25,30,32). The number of nitrogens with one attached hydrogen (secondary N) is 1. The SMILES string of the molecule is COCCN(C(=O)c1cccc(S(=O)(=O)N2CCN(C)CC2)c1)c1c(N)n(CC(C)C)c(=O)[nH]c1=O. The number of rotatable bonds is 9. The van der Waals surface area contributed by atoms with Crippen molar-refractivity contribution in [3.05, 3.63) is 50.7 Å². The fourth-order valence-corrected chi connectivity index (χ4v) is 5.47. The van der Waals surface area contributed by atoms with Crippen LogP contribution in [-0.2, 0) is 21.3 Å². The zero-order valence-electron chi connectivity index (χ0n) is 21.1. The van der Waals surface area contributed by atoms with Gasteiger partial charge in [0.15, 0.2) is 5.69 Å². The van der Waals surface area contributed by atoms with Crippen LogP contribution in [-0.4, -0.2) is 86.6 Å². The summed E-state index contributed by atoms with van der Waals surface area (Å²) in [5.74, 6) is -0.749. The van der Waals surface area contributed by atoms with Gasteiger partial charge in [-0.15, -0.1) is 0 Å². The lowest BCUT2D eigenvalue weighted by atomic mass is 10.2. The number of piperazine rings is 1. The van der Waals surface area contributed by atoms with Crippen molar-refractivity contribution in [2.45, 2.75) is 25.3 Å². The Hall–Kier alpha value is -3.00. The number of aromatic amines is 1. The van der Waals surface area contributed by atoms with Gasteiger partial charge in [-0.05, 0) is 31.2 Å². The van der Waals surface area contributed by atoms with Crippen LogP contribution in [0.2, 0.25) is 0 Å². The Balaban J connectivity index is 2.04. The summed E-state index contributed by atoms with van der Waals surface area (Å²) in [5, 5.41) is 0. The highest BCUT2D eigenvalue weighted by molar-refractivity contribution is 7.89. The molecule has 198 valence electrons. The molecule has 1 fully saturated rings. The van der Waals surface area contributed by atoms with Crippen molar-refractivity contribution in [2.24, 2.45) is 5.92 Å². The summed E-state index contributed by atoms with van der Waals surface area (Å²) in [5.41, 5.74) is 4.61. The molecular formula is C23H34N6O6S. The largest absolute Gasteiger partial charge is 0.383 e. The van der Waals surface area contributed by atoms with Gasteiger partial charge in [-0.2, -0.15) is 4.31 Å². The average Bonchev–Trinajstić information content (AvgIpc) is 2.83. The van der Waals surface area contributed by atoms with Crippen LogP contribution in [0.5, 0.6) is 0 Å². The van der Waals surface area contributed by atoms with E-state index < -0.39 is 27.2 Å². The van der Waals surface area contributed by atoms with Crippen molar-refractivity contribution in [1.29, 1.82) is 0 Å². The molecular weight excluding hydrogens is 488 g/mol. The summed E-state index contributed by atoms with van der Waals surface area (Å²) in [6.45, 7) is 5.95. The maximum atomic E-state index is 13.6. The van der Waals surface area contributed by atoms with Crippen molar-refractivity contribution in [3.63, 3.8) is 0 Å². The van der Waals surface area contributed by atoms with E-state index in [0.717, 1.165) is 4.90 Å². The van der Waals surface area contributed by atoms with E-state index in [0.29, 0.717) is 26.2 Å². The van der Waals surface area contributed by atoms with Crippen molar-refractivity contribution in [1.82, 2.24) is 18.8 Å². The molecule has 1 aliphatic rings. The Kier molecular flexibility index (Phi) is 8.71. The number of carbonyl (C=O) groups excluding carboxylic acids is 1. The molecule has 0 radical (unpaired) electrons. The Bertz CT molecular complexity index is 1310. The van der Waals surface area contributed by atoms with Crippen LogP contribution < -0.4 is 21.9 Å². The Morgan fingerprint density at radius 3 is 2.47 bits per heavy atom. The zero-order chi connectivity index (χ0) is 26.6. The normalized spacial score (nSPS) is 15.4. The van der Waals surface area contributed by atoms with E-state index in [1.165, 1.54) is 40.2 Å². The maximum Gasteiger partial charge on any atom is 0.330 e. The molecule has 1 aliphatic heterocycles. The first-order valence-electron chi connectivity index (χ1n) is 11.7. The second-order valence-electron chi connectivity index (χ2n) is 9.18. The highest BCUT2D eigenvalue weighted by atomic mass is 32.2. The molecule has 2 heterocycles. The zero-order valence-corrected chi connectivity index (χ0v) is 21.9. The topological polar surface area (TPSA) is 151 Å². The van der Waals surface area contributed by atoms with Gasteiger partial charge in [-0.1, -0.05) is 19.9 Å². The van der Waals surface area contributed by atoms with E-state index in [4.69, 9.17) is 10.5 Å². The van der Waals surface area contributed by atoms with Gasteiger partial charge in [0.2, 0.25) is 10.0 Å². The lowest BCUT2D eigenvalue weighted by Gasteiger charge is -2.31. The second kappa shape index (κ2) is 11.4. The van der Waals surface area contributed by atoms with Gasteiger partial charge in [0.25, 0.3) is 11.5 Å². The average molecular weight is 523 g/mol. The molecule has 3 rings (SSSR count). The predicted molar refractivity (Wildman–Crippen MR) is 137 cm³/mol. The first kappa shape index (κ1) is 27.6. The van der Waals surface area contributed by atoms with Crippen molar-refractivity contribution in [2.75, 3.05) is 64.1 Å². The summed E-state index contributed by atoms with van der Waals surface area (Å²) in [6, 6.07) is 5.69. The van der Waals surface area contributed by atoms with Gasteiger partial charge in [0.05, 0.1) is 11.5 Å². The number of methoxy groups -OCH3 is 1. The van der Waals surface area contributed by atoms with E-state index >= 15 is 0 Å². The van der Waals surface area contributed by atoms with Crippen LogP contribution in [0.4, 0.5) is 11.5 Å². The number of amides is 1. The van der Waals surface area contributed by atoms with E-state index in [-0.39, 0.29) is 47.6 Å². The summed E-state index contributed by atoms with van der Waals surface area (Å²) in [7, 11) is -0.448. The fourth-order valence-electron chi connectivity index (χ4n) is 4.01. The summed E-state index contributed by atoms with van der Waals surface area (Å²) >= 11 is 0. The van der Waals surface area contributed by atoms with Gasteiger partial charge < -0.3 is 15.4 Å². The molecule has 1 saturated heterocycles. The molecule has 0 saturated carbocycles. The Morgan fingerprint density at radius 1 is 1.19 bits per heavy atom. The minimum absolute atomic E-state index is 0.0174. The van der Waals surface area contributed by atoms with Crippen LogP contribution in [0.25, 0.3) is 0 Å². The molecule has 1 aromatic carbocycles. The molecule has 1 aromatic heterocycles. The molecule has 3 N–H and O–H groups in total. The van der Waals surface area contributed by atoms with Crippen molar-refractivity contribution < 1.29 is 17.9 Å². The quantitative estimate of drug-likeness (QED) is 0.467. The lowest BCUT2D eigenvalue weighted by molar-refractivity contribution is 0.0975. The van der Waals surface area contributed by atoms with Gasteiger partial charge in [0, 0.05) is 51.9 Å². The van der Waals surface area contributed by atoms with Crippen molar-refractivity contribution in [3.8, 4) is 0 Å². The smallest absolute Gasteiger partial charge is 0.330 e. The highest BCUT2D eigenvalue weighted by Gasteiger charge is 2.30. The van der Waals surface area contributed by atoms with Crippen molar-refractivity contribution >= 4 is 27.4 Å². The molecule has 0 bridgehead atoms. The number of benzene rings is 1. The number of nitrogens with zero attached hydrogens (tertiary/aromatic N) is 4. The summed E-state index contributed by atoms with van der Waals surface area (Å²) in [6.07, 6.45) is 0. The fraction of sp³-hybridized carbons (Fsp3) is 0.522. The number of carbonyl (C=O) groups is 1. The highest BCUT2D eigenvalue weighted by Crippen LogP contribution is 2.23. The van der Waals surface area contributed by atoms with E-state index in [1.54, 1.807) is 0 Å². The van der Waals surface area contributed by atoms with Crippen LogP contribution in [0.1, 0.15) is 24.2 Å². The maximum absolute atomic E-state index is 13.6. The predicted octanol–water partition coefficient (Wildman–Crippen LogP) is 0.00410. The molecule has 13 heteroatoms. The number of aromatic nitrogens is 2. The number of hydrogen-bond acceptors (Lipinski definition) is 8. The van der Waals surface area contributed by atoms with E-state index in [2.05, 4.69) is 4.98 Å². The number of anilines is 2. The third-order valence-corrected chi connectivity index (χ3v) is 7.87. The molecule has 1 amide bonds. The number of hydrogen-bond donors (Lipinski definition) is 2. The minimum atomic E-state index is -3.82. The molecule has 0 spiro atoms. The number of likely N-dealkylation sites (N-methyl/N-ethyl adjacent to an activating group) is 1. The first-order chi connectivity index (χ1) is 17.0. The number of sulfonamides is 1. The van der Waals surface area contributed by atoms with Gasteiger partial charge in [-0.25, -0.2) is 13.2 Å². The lowest BCUT2D eigenvalue weighted by Crippen LogP contribution is -2.47. The van der Waals surface area contributed by atoms with Gasteiger partial charge in [0.1, 0.15) is 5.82 Å². The Morgan fingerprint density at radius 2 is 1.86 bits per heavy atom. The minimum Gasteiger partial charge on any atom is -0.383 e. The molecule has 12 nitrogen and oxygen atoms in total. The number of ether oxygens (including phenoxy) is 1. The summed E-state index contributed by atoms with van der Waals surface area (Å²) < 4.78 is 34.2. The second-order valence-corrected chi connectivity index (χ2v) is 11.1. The monoisotopic (exact) mass is 522 g/mol. The molecule has 2 aromatic rings. The molecule has 36 heavy (non-hydrogen) atoms. The summed E-state index contributed by atoms with van der Waals surface area (Å²) in [4.78, 5) is 44.2. The molecule has 0 atom stereocenters. The number of H-pyrrole nitrogens is 1. The molecule has 0 unspecified atom stereocenters. The number of nitrogens with two attached hydrogens (primary N) is 1. The third-order valence-electron chi connectivity index (χ3n) is 5.98. The van der Waals surface area contributed by atoms with Gasteiger partial charge in [-0.3, -0.25) is 24.0 Å². The van der Waals surface area contributed by atoms with Crippen LogP contribution in [0.3, 0.4) is 0 Å².